The molecule has 0 saturated carbocycles. The Labute approximate surface area is 181 Å². The van der Waals surface area contributed by atoms with E-state index < -0.39 is 18.5 Å². The first-order chi connectivity index (χ1) is 15.1. The van der Waals surface area contributed by atoms with Crippen molar-refractivity contribution in [3.8, 4) is 22.6 Å². The summed E-state index contributed by atoms with van der Waals surface area (Å²) >= 11 is 0. The largest absolute Gasteiger partial charge is 0.493 e. The molecule has 0 bridgehead atoms. The summed E-state index contributed by atoms with van der Waals surface area (Å²) in [6.45, 7) is -0.391. The zero-order valence-electron chi connectivity index (χ0n) is 17.3. The van der Waals surface area contributed by atoms with E-state index in [-0.39, 0.29) is 0 Å². The summed E-state index contributed by atoms with van der Waals surface area (Å²) < 4.78 is 15.5. The van der Waals surface area contributed by atoms with E-state index in [2.05, 4.69) is 5.32 Å². The zero-order valence-corrected chi connectivity index (χ0v) is 17.3. The van der Waals surface area contributed by atoms with Gasteiger partial charge in [-0.3, -0.25) is 4.79 Å². The second-order valence-electron chi connectivity index (χ2n) is 6.52. The lowest BCUT2D eigenvalue weighted by Gasteiger charge is -2.11. The monoisotopic (exact) mass is 417 g/mol. The van der Waals surface area contributed by atoms with E-state index in [0.717, 1.165) is 16.7 Å². The normalized spacial score (nSPS) is 10.5. The van der Waals surface area contributed by atoms with Gasteiger partial charge in [0.1, 0.15) is 0 Å². The fraction of sp³-hybridized carbons (Fsp3) is 0.120. The molecule has 3 aromatic carbocycles. The molecule has 0 aliphatic carbocycles. The lowest BCUT2D eigenvalue weighted by Crippen LogP contribution is -2.20. The molecule has 0 aromatic heterocycles. The summed E-state index contributed by atoms with van der Waals surface area (Å²) in [5, 5.41) is 2.80. The third kappa shape index (κ3) is 5.96. The quantitative estimate of drug-likeness (QED) is 0.429. The summed E-state index contributed by atoms with van der Waals surface area (Å²) in [7, 11) is 3.09. The van der Waals surface area contributed by atoms with Crippen molar-refractivity contribution in [2.24, 2.45) is 0 Å². The minimum atomic E-state index is -0.624. The van der Waals surface area contributed by atoms with E-state index >= 15 is 0 Å². The number of esters is 1. The van der Waals surface area contributed by atoms with Gasteiger partial charge in [-0.25, -0.2) is 4.79 Å². The van der Waals surface area contributed by atoms with Crippen molar-refractivity contribution in [3.63, 3.8) is 0 Å². The van der Waals surface area contributed by atoms with Crippen LogP contribution in [0.15, 0.2) is 78.9 Å². The fourth-order valence-electron chi connectivity index (χ4n) is 2.95. The second kappa shape index (κ2) is 10.6. The molecule has 1 N–H and O–H groups in total. The molecule has 3 aromatic rings. The first kappa shape index (κ1) is 21.6. The standard InChI is InChI=1S/C25H23NO5/c1-29-22-14-12-18(16-23(22)30-2)13-15-25(28)31-17-24(27)26-21-11-7-6-10-20(21)19-8-4-3-5-9-19/h3-16H,17H2,1-2H3,(H,26,27). The number of ether oxygens (including phenoxy) is 3. The van der Waals surface area contributed by atoms with E-state index in [4.69, 9.17) is 14.2 Å². The van der Waals surface area contributed by atoms with Gasteiger partial charge in [0.2, 0.25) is 0 Å². The zero-order chi connectivity index (χ0) is 22.1. The van der Waals surface area contributed by atoms with Crippen LogP contribution in [0.1, 0.15) is 5.56 Å². The van der Waals surface area contributed by atoms with Crippen molar-refractivity contribution in [1.29, 1.82) is 0 Å². The highest BCUT2D eigenvalue weighted by Gasteiger charge is 2.10. The second-order valence-corrected chi connectivity index (χ2v) is 6.52. The van der Waals surface area contributed by atoms with Crippen molar-refractivity contribution in [1.82, 2.24) is 0 Å². The summed E-state index contributed by atoms with van der Waals surface area (Å²) in [5.74, 6) is 0.0988. The minimum absolute atomic E-state index is 0.391. The summed E-state index contributed by atoms with van der Waals surface area (Å²) in [5.41, 5.74) is 3.25. The Bertz CT molecular complexity index is 1080. The molecule has 0 aliphatic rings. The highest BCUT2D eigenvalue weighted by molar-refractivity contribution is 5.97. The smallest absolute Gasteiger partial charge is 0.331 e. The van der Waals surface area contributed by atoms with Gasteiger partial charge in [-0.2, -0.15) is 0 Å². The Morgan fingerprint density at radius 2 is 1.58 bits per heavy atom. The molecule has 0 fully saturated rings. The van der Waals surface area contributed by atoms with Crippen LogP contribution in [-0.2, 0) is 14.3 Å². The van der Waals surface area contributed by atoms with Crippen molar-refractivity contribution < 1.29 is 23.8 Å². The molecule has 0 aliphatic heterocycles. The Kier molecular flexibility index (Phi) is 7.43. The molecule has 0 unspecified atom stereocenters. The number of carbonyl (C=O) groups is 2. The van der Waals surface area contributed by atoms with E-state index in [0.29, 0.717) is 17.2 Å². The maximum atomic E-state index is 12.3. The van der Waals surface area contributed by atoms with Crippen LogP contribution in [0, 0.1) is 0 Å². The van der Waals surface area contributed by atoms with Gasteiger partial charge in [-0.1, -0.05) is 54.6 Å². The number of nitrogens with one attached hydrogen (secondary N) is 1. The van der Waals surface area contributed by atoms with Crippen LogP contribution >= 0.6 is 0 Å². The summed E-state index contributed by atoms with van der Waals surface area (Å²) in [6.07, 6.45) is 2.83. The predicted molar refractivity (Wildman–Crippen MR) is 120 cm³/mol. The van der Waals surface area contributed by atoms with Gasteiger partial charge in [0, 0.05) is 17.3 Å². The molecule has 0 saturated heterocycles. The average molecular weight is 417 g/mol. The first-order valence-electron chi connectivity index (χ1n) is 9.62. The van der Waals surface area contributed by atoms with Crippen molar-refractivity contribution in [2.45, 2.75) is 0 Å². The van der Waals surface area contributed by atoms with Crippen molar-refractivity contribution in [2.75, 3.05) is 26.1 Å². The predicted octanol–water partition coefficient (Wildman–Crippen LogP) is 4.57. The summed E-state index contributed by atoms with van der Waals surface area (Å²) in [4.78, 5) is 24.3. The van der Waals surface area contributed by atoms with Crippen LogP contribution in [0.2, 0.25) is 0 Å². The van der Waals surface area contributed by atoms with Gasteiger partial charge in [0.15, 0.2) is 18.1 Å². The van der Waals surface area contributed by atoms with Gasteiger partial charge in [0.05, 0.1) is 14.2 Å². The lowest BCUT2D eigenvalue weighted by atomic mass is 10.0. The van der Waals surface area contributed by atoms with Crippen LogP contribution in [0.5, 0.6) is 11.5 Å². The Hall–Kier alpha value is -4.06. The number of hydrogen-bond donors (Lipinski definition) is 1. The minimum Gasteiger partial charge on any atom is -0.493 e. The van der Waals surface area contributed by atoms with Gasteiger partial charge in [0.25, 0.3) is 5.91 Å². The number of rotatable bonds is 8. The molecule has 3 rings (SSSR count). The van der Waals surface area contributed by atoms with Gasteiger partial charge in [-0.05, 0) is 35.4 Å². The number of methoxy groups -OCH3 is 2. The number of benzene rings is 3. The number of para-hydroxylation sites is 1. The summed E-state index contributed by atoms with van der Waals surface area (Å²) in [6, 6.07) is 22.4. The van der Waals surface area contributed by atoms with Crippen LogP contribution in [0.25, 0.3) is 17.2 Å². The fourth-order valence-corrected chi connectivity index (χ4v) is 2.95. The van der Waals surface area contributed by atoms with Crippen molar-refractivity contribution >= 4 is 23.6 Å². The third-order valence-electron chi connectivity index (χ3n) is 4.45. The highest BCUT2D eigenvalue weighted by atomic mass is 16.5. The number of hydrogen-bond acceptors (Lipinski definition) is 5. The van der Waals surface area contributed by atoms with Crippen LogP contribution in [0.3, 0.4) is 0 Å². The molecule has 0 radical (unpaired) electrons. The number of amides is 1. The lowest BCUT2D eigenvalue weighted by molar-refractivity contribution is -0.142. The molecular weight excluding hydrogens is 394 g/mol. The molecule has 31 heavy (non-hydrogen) atoms. The van der Waals surface area contributed by atoms with E-state index in [1.165, 1.54) is 13.2 Å². The Balaban J connectivity index is 1.57. The Morgan fingerprint density at radius 1 is 0.871 bits per heavy atom. The van der Waals surface area contributed by atoms with E-state index in [9.17, 15) is 9.59 Å². The van der Waals surface area contributed by atoms with Gasteiger partial charge < -0.3 is 19.5 Å². The average Bonchev–Trinajstić information content (AvgIpc) is 2.82. The number of carbonyl (C=O) groups excluding carboxylic acids is 2. The van der Waals surface area contributed by atoms with Crippen molar-refractivity contribution in [3.05, 3.63) is 84.4 Å². The van der Waals surface area contributed by atoms with Crippen LogP contribution in [0.4, 0.5) is 5.69 Å². The Morgan fingerprint density at radius 3 is 2.32 bits per heavy atom. The van der Waals surface area contributed by atoms with Gasteiger partial charge >= 0.3 is 5.97 Å². The molecule has 0 heterocycles. The molecule has 6 heteroatoms. The van der Waals surface area contributed by atoms with E-state index in [1.807, 2.05) is 48.5 Å². The van der Waals surface area contributed by atoms with Crippen LogP contribution < -0.4 is 14.8 Å². The molecule has 0 spiro atoms. The highest BCUT2D eigenvalue weighted by Crippen LogP contribution is 2.28. The third-order valence-corrected chi connectivity index (χ3v) is 4.45. The van der Waals surface area contributed by atoms with E-state index in [1.54, 1.807) is 37.5 Å². The SMILES string of the molecule is COc1ccc(C=CC(=O)OCC(=O)Nc2ccccc2-c2ccccc2)cc1OC. The number of anilines is 1. The maximum Gasteiger partial charge on any atom is 0.331 e. The molecule has 6 nitrogen and oxygen atoms in total. The van der Waals surface area contributed by atoms with Gasteiger partial charge in [-0.15, -0.1) is 0 Å². The molecule has 158 valence electrons. The van der Waals surface area contributed by atoms with Crippen LogP contribution in [-0.4, -0.2) is 32.7 Å². The molecule has 1 amide bonds. The topological polar surface area (TPSA) is 73.9 Å². The first-order valence-corrected chi connectivity index (χ1v) is 9.62. The maximum absolute atomic E-state index is 12.3. The molecule has 0 atom stereocenters. The molecular formula is C25H23NO5.